The summed E-state index contributed by atoms with van der Waals surface area (Å²) in [5.74, 6) is -0.0655. The number of rotatable bonds is 3. The Morgan fingerprint density at radius 1 is 0.913 bits per heavy atom. The van der Waals surface area contributed by atoms with Crippen LogP contribution in [0.15, 0.2) is 60.7 Å². The van der Waals surface area contributed by atoms with Gasteiger partial charge in [0.2, 0.25) is 0 Å². The van der Waals surface area contributed by atoms with Crippen molar-refractivity contribution < 1.29 is 9.90 Å². The topological polar surface area (TPSA) is 99.2 Å². The number of carbonyl (C=O) groups is 1. The SMILES string of the molecule is N=C(N)c1ccc2cc(C(=O)Nc3ccc(O)cc3)ccc2c1. The molecule has 114 valence electrons. The molecule has 3 rings (SSSR count). The zero-order valence-corrected chi connectivity index (χ0v) is 12.2. The van der Waals surface area contributed by atoms with Gasteiger partial charge in [-0.25, -0.2) is 0 Å². The molecule has 5 N–H and O–H groups in total. The molecule has 23 heavy (non-hydrogen) atoms. The van der Waals surface area contributed by atoms with Crippen LogP contribution in [0.4, 0.5) is 5.69 Å². The summed E-state index contributed by atoms with van der Waals surface area (Å²) in [6, 6.07) is 17.0. The third-order valence-electron chi connectivity index (χ3n) is 3.54. The fourth-order valence-corrected chi connectivity index (χ4v) is 2.30. The van der Waals surface area contributed by atoms with Crippen LogP contribution in [0.2, 0.25) is 0 Å². The second kappa shape index (κ2) is 5.81. The van der Waals surface area contributed by atoms with E-state index >= 15 is 0 Å². The van der Waals surface area contributed by atoms with Crippen LogP contribution in [0.5, 0.6) is 5.75 Å². The van der Waals surface area contributed by atoms with Crippen LogP contribution in [0.1, 0.15) is 15.9 Å². The number of phenols is 1. The number of amides is 1. The lowest BCUT2D eigenvalue weighted by Crippen LogP contribution is -2.12. The van der Waals surface area contributed by atoms with Crippen LogP contribution in [0.3, 0.4) is 0 Å². The number of amidine groups is 1. The third-order valence-corrected chi connectivity index (χ3v) is 3.54. The van der Waals surface area contributed by atoms with Gasteiger partial charge in [-0.15, -0.1) is 0 Å². The van der Waals surface area contributed by atoms with Crippen LogP contribution in [0, 0.1) is 5.41 Å². The first-order valence-corrected chi connectivity index (χ1v) is 7.01. The molecule has 0 radical (unpaired) electrons. The summed E-state index contributed by atoms with van der Waals surface area (Å²) < 4.78 is 0. The van der Waals surface area contributed by atoms with Crippen LogP contribution < -0.4 is 11.1 Å². The maximum Gasteiger partial charge on any atom is 0.255 e. The first-order chi connectivity index (χ1) is 11.0. The Kier molecular flexibility index (Phi) is 3.68. The smallest absolute Gasteiger partial charge is 0.255 e. The number of nitrogens with one attached hydrogen (secondary N) is 2. The van der Waals surface area contributed by atoms with Crippen LogP contribution in [0.25, 0.3) is 10.8 Å². The van der Waals surface area contributed by atoms with E-state index in [0.717, 1.165) is 10.8 Å². The van der Waals surface area contributed by atoms with Crippen LogP contribution >= 0.6 is 0 Å². The third kappa shape index (κ3) is 3.13. The van der Waals surface area contributed by atoms with E-state index in [-0.39, 0.29) is 17.5 Å². The highest BCUT2D eigenvalue weighted by molar-refractivity contribution is 6.07. The molecule has 0 fully saturated rings. The second-order valence-electron chi connectivity index (χ2n) is 5.19. The minimum atomic E-state index is -0.228. The lowest BCUT2D eigenvalue weighted by Gasteiger charge is -2.07. The number of hydrogen-bond donors (Lipinski definition) is 4. The van der Waals surface area contributed by atoms with E-state index in [2.05, 4.69) is 5.32 Å². The van der Waals surface area contributed by atoms with E-state index in [0.29, 0.717) is 16.8 Å². The zero-order chi connectivity index (χ0) is 16.4. The maximum atomic E-state index is 12.3. The molecule has 0 aliphatic carbocycles. The monoisotopic (exact) mass is 305 g/mol. The summed E-state index contributed by atoms with van der Waals surface area (Å²) in [5.41, 5.74) is 7.27. The van der Waals surface area contributed by atoms with Crippen molar-refractivity contribution in [2.24, 2.45) is 5.73 Å². The minimum Gasteiger partial charge on any atom is -0.508 e. The van der Waals surface area contributed by atoms with Crippen molar-refractivity contribution in [3.63, 3.8) is 0 Å². The number of anilines is 1. The van der Waals surface area contributed by atoms with Gasteiger partial charge in [-0.1, -0.05) is 18.2 Å². The molecule has 0 heterocycles. The predicted octanol–water partition coefficient (Wildman–Crippen LogP) is 3.08. The summed E-state index contributed by atoms with van der Waals surface area (Å²) in [6.45, 7) is 0. The highest BCUT2D eigenvalue weighted by Crippen LogP contribution is 2.19. The number of hydrogen-bond acceptors (Lipinski definition) is 3. The van der Waals surface area contributed by atoms with Gasteiger partial charge >= 0.3 is 0 Å². The standard InChI is InChI=1S/C18H15N3O2/c19-17(20)13-3-1-12-10-14(4-2-11(12)9-13)18(23)21-15-5-7-16(22)8-6-15/h1-10,22H,(H3,19,20)(H,21,23). The summed E-state index contributed by atoms with van der Waals surface area (Å²) in [4.78, 5) is 12.3. The summed E-state index contributed by atoms with van der Waals surface area (Å²) in [6.07, 6.45) is 0. The van der Waals surface area contributed by atoms with Crippen molar-refractivity contribution in [2.75, 3.05) is 5.32 Å². The van der Waals surface area contributed by atoms with E-state index in [9.17, 15) is 9.90 Å². The van der Waals surface area contributed by atoms with E-state index in [1.165, 1.54) is 12.1 Å². The van der Waals surface area contributed by atoms with E-state index in [1.54, 1.807) is 30.3 Å². The molecule has 0 aliphatic heterocycles. The van der Waals surface area contributed by atoms with Gasteiger partial charge in [0.1, 0.15) is 11.6 Å². The molecule has 0 aliphatic rings. The van der Waals surface area contributed by atoms with Gasteiger partial charge in [-0.05, 0) is 53.2 Å². The second-order valence-corrected chi connectivity index (χ2v) is 5.19. The van der Waals surface area contributed by atoms with Crippen molar-refractivity contribution in [3.05, 3.63) is 71.8 Å². The Hall–Kier alpha value is -3.34. The fourth-order valence-electron chi connectivity index (χ4n) is 2.30. The first-order valence-electron chi connectivity index (χ1n) is 7.01. The average molecular weight is 305 g/mol. The molecule has 0 saturated carbocycles. The van der Waals surface area contributed by atoms with Crippen molar-refractivity contribution in [1.29, 1.82) is 5.41 Å². The summed E-state index contributed by atoms with van der Waals surface area (Å²) >= 11 is 0. The van der Waals surface area contributed by atoms with Crippen LogP contribution in [-0.4, -0.2) is 16.8 Å². The molecule has 3 aromatic rings. The number of phenolic OH excluding ortho intramolecular Hbond substituents is 1. The molecule has 0 aromatic heterocycles. The molecule has 1 amide bonds. The van der Waals surface area contributed by atoms with Gasteiger partial charge in [0.05, 0.1) is 0 Å². The molecular formula is C18H15N3O2. The molecular weight excluding hydrogens is 290 g/mol. The number of nitrogen functional groups attached to an aromatic ring is 1. The van der Waals surface area contributed by atoms with Gasteiger partial charge in [-0.2, -0.15) is 0 Å². The van der Waals surface area contributed by atoms with E-state index in [4.69, 9.17) is 11.1 Å². The highest BCUT2D eigenvalue weighted by Gasteiger charge is 2.08. The molecule has 0 bridgehead atoms. The Morgan fingerprint density at radius 2 is 1.48 bits per heavy atom. The lowest BCUT2D eigenvalue weighted by atomic mass is 10.0. The van der Waals surface area contributed by atoms with Gasteiger partial charge in [0.15, 0.2) is 0 Å². The number of aromatic hydroxyl groups is 1. The molecule has 0 atom stereocenters. The molecule has 0 saturated heterocycles. The van der Waals surface area contributed by atoms with Crippen molar-refractivity contribution in [2.45, 2.75) is 0 Å². The molecule has 5 nitrogen and oxygen atoms in total. The molecule has 0 spiro atoms. The Labute approximate surface area is 132 Å². The first kappa shape index (κ1) is 14.6. The minimum absolute atomic E-state index is 0.0149. The van der Waals surface area contributed by atoms with Gasteiger partial charge < -0.3 is 16.2 Å². The van der Waals surface area contributed by atoms with Crippen LogP contribution in [-0.2, 0) is 0 Å². The Morgan fingerprint density at radius 3 is 2.09 bits per heavy atom. The Balaban J connectivity index is 1.87. The number of nitrogens with two attached hydrogens (primary N) is 1. The maximum absolute atomic E-state index is 12.3. The number of benzene rings is 3. The lowest BCUT2D eigenvalue weighted by molar-refractivity contribution is 0.102. The van der Waals surface area contributed by atoms with Crippen molar-refractivity contribution >= 4 is 28.2 Å². The van der Waals surface area contributed by atoms with E-state index < -0.39 is 0 Å². The fraction of sp³-hybridized carbons (Fsp3) is 0. The van der Waals surface area contributed by atoms with Gasteiger partial charge in [0.25, 0.3) is 5.91 Å². The normalized spacial score (nSPS) is 10.4. The quantitative estimate of drug-likeness (QED) is 0.340. The Bertz CT molecular complexity index is 902. The number of carbonyl (C=O) groups excluding carboxylic acids is 1. The molecule has 3 aromatic carbocycles. The van der Waals surface area contributed by atoms with Gasteiger partial charge in [0, 0.05) is 16.8 Å². The molecule has 5 heteroatoms. The molecule has 0 unspecified atom stereocenters. The zero-order valence-electron chi connectivity index (χ0n) is 12.2. The van der Waals surface area contributed by atoms with E-state index in [1.807, 2.05) is 18.2 Å². The highest BCUT2D eigenvalue weighted by atomic mass is 16.3. The van der Waals surface area contributed by atoms with Crippen molar-refractivity contribution in [3.8, 4) is 5.75 Å². The largest absolute Gasteiger partial charge is 0.508 e. The summed E-state index contributed by atoms with van der Waals surface area (Å²) in [7, 11) is 0. The van der Waals surface area contributed by atoms with Gasteiger partial charge in [-0.3, -0.25) is 10.2 Å². The summed E-state index contributed by atoms with van der Waals surface area (Å²) in [5, 5.41) is 21.3. The number of fused-ring (bicyclic) bond motifs is 1. The average Bonchev–Trinajstić information content (AvgIpc) is 2.55. The predicted molar refractivity (Wildman–Crippen MR) is 91.0 cm³/mol. The van der Waals surface area contributed by atoms with Crippen molar-refractivity contribution in [1.82, 2.24) is 0 Å².